The number of para-hydroxylation sites is 1. The molecule has 0 saturated carbocycles. The number of carboxylic acids is 1. The predicted molar refractivity (Wildman–Crippen MR) is 102 cm³/mol. The van der Waals surface area contributed by atoms with Gasteiger partial charge in [-0.05, 0) is 24.3 Å². The van der Waals surface area contributed by atoms with E-state index < -0.39 is 11.8 Å². The zero-order valence-corrected chi connectivity index (χ0v) is 15.5. The van der Waals surface area contributed by atoms with Gasteiger partial charge < -0.3 is 19.9 Å². The number of thiazole rings is 1. The molecule has 0 bridgehead atoms. The highest BCUT2D eigenvalue weighted by molar-refractivity contribution is 7.16. The molecule has 8 heteroatoms. The van der Waals surface area contributed by atoms with Gasteiger partial charge in [-0.3, -0.25) is 4.79 Å². The van der Waals surface area contributed by atoms with Crippen molar-refractivity contribution >= 4 is 28.1 Å². The Morgan fingerprint density at radius 3 is 2.67 bits per heavy atom. The second kappa shape index (κ2) is 8.05. The lowest BCUT2D eigenvalue weighted by Gasteiger charge is -2.09. The molecular weight excluding hydrogens is 371 g/mol. The summed E-state index contributed by atoms with van der Waals surface area (Å²) in [6, 6.07) is 11.4. The van der Waals surface area contributed by atoms with Gasteiger partial charge in [0.1, 0.15) is 17.3 Å². The van der Waals surface area contributed by atoms with E-state index in [0.717, 1.165) is 11.3 Å². The van der Waals surface area contributed by atoms with Gasteiger partial charge in [0.05, 0.1) is 32.0 Å². The van der Waals surface area contributed by atoms with E-state index in [2.05, 4.69) is 10.3 Å². The average Bonchev–Trinajstić information content (AvgIpc) is 3.04. The molecule has 140 valence electrons. The highest BCUT2D eigenvalue weighted by atomic mass is 32.1. The van der Waals surface area contributed by atoms with Gasteiger partial charge in [0.25, 0.3) is 0 Å². The molecule has 0 atom stereocenters. The Bertz CT molecular complexity index is 974. The first-order chi connectivity index (χ1) is 13.0. The molecule has 0 radical (unpaired) electrons. The molecule has 0 saturated heterocycles. The van der Waals surface area contributed by atoms with Crippen LogP contribution in [-0.4, -0.2) is 30.3 Å². The van der Waals surface area contributed by atoms with E-state index >= 15 is 0 Å². The summed E-state index contributed by atoms with van der Waals surface area (Å²) in [6.45, 7) is 0. The van der Waals surface area contributed by atoms with Gasteiger partial charge in [-0.25, -0.2) is 9.37 Å². The Labute approximate surface area is 159 Å². The molecule has 1 heterocycles. The van der Waals surface area contributed by atoms with E-state index in [9.17, 15) is 14.3 Å². The van der Waals surface area contributed by atoms with Crippen LogP contribution in [0.4, 0.5) is 15.2 Å². The quantitative estimate of drug-likeness (QED) is 0.627. The number of nitrogens with zero attached hydrogens (tertiary/aromatic N) is 1. The maximum Gasteiger partial charge on any atom is 0.308 e. The van der Waals surface area contributed by atoms with Crippen LogP contribution in [0.15, 0.2) is 42.5 Å². The zero-order chi connectivity index (χ0) is 19.4. The van der Waals surface area contributed by atoms with Gasteiger partial charge in [-0.2, -0.15) is 0 Å². The Hall–Kier alpha value is -3.13. The molecule has 2 N–H and O–H groups in total. The Morgan fingerprint density at radius 2 is 2.00 bits per heavy atom. The number of carbonyl (C=O) groups is 1. The fraction of sp³-hybridized carbons (Fsp3) is 0.158. The largest absolute Gasteiger partial charge is 0.497 e. The van der Waals surface area contributed by atoms with Gasteiger partial charge >= 0.3 is 5.97 Å². The molecule has 0 unspecified atom stereocenters. The number of hydrogen-bond donors (Lipinski definition) is 2. The number of methoxy groups -OCH3 is 2. The summed E-state index contributed by atoms with van der Waals surface area (Å²) in [5.41, 5.74) is 1.37. The zero-order valence-electron chi connectivity index (χ0n) is 14.7. The van der Waals surface area contributed by atoms with Gasteiger partial charge in [0.15, 0.2) is 5.13 Å². The van der Waals surface area contributed by atoms with Crippen molar-refractivity contribution in [1.82, 2.24) is 4.98 Å². The number of aliphatic carboxylic acids is 1. The smallest absolute Gasteiger partial charge is 0.308 e. The van der Waals surface area contributed by atoms with E-state index in [4.69, 9.17) is 9.47 Å². The van der Waals surface area contributed by atoms with Crippen LogP contribution in [-0.2, 0) is 11.2 Å². The molecule has 0 aliphatic heterocycles. The molecule has 0 aliphatic carbocycles. The number of benzene rings is 2. The van der Waals surface area contributed by atoms with Crippen LogP contribution in [0, 0.1) is 5.82 Å². The number of rotatable bonds is 7. The molecule has 0 spiro atoms. The van der Waals surface area contributed by atoms with Crippen LogP contribution < -0.4 is 14.8 Å². The minimum Gasteiger partial charge on any atom is -0.497 e. The van der Waals surface area contributed by atoms with E-state index in [0.29, 0.717) is 32.8 Å². The van der Waals surface area contributed by atoms with Crippen LogP contribution in [0.5, 0.6) is 11.5 Å². The summed E-state index contributed by atoms with van der Waals surface area (Å²) in [6.07, 6.45) is -0.207. The number of nitrogens with one attached hydrogen (secondary N) is 1. The van der Waals surface area contributed by atoms with Crippen molar-refractivity contribution in [3.05, 3.63) is 53.2 Å². The molecule has 3 rings (SSSR count). The van der Waals surface area contributed by atoms with Gasteiger partial charge in [0.2, 0.25) is 0 Å². The number of hydrogen-bond acceptors (Lipinski definition) is 6. The highest BCUT2D eigenvalue weighted by Crippen LogP contribution is 2.39. The first-order valence-corrected chi connectivity index (χ1v) is 8.79. The van der Waals surface area contributed by atoms with Crippen molar-refractivity contribution in [2.24, 2.45) is 0 Å². The second-order valence-electron chi connectivity index (χ2n) is 5.53. The average molecular weight is 388 g/mol. The summed E-state index contributed by atoms with van der Waals surface area (Å²) in [5.74, 6) is -0.292. The van der Waals surface area contributed by atoms with Crippen molar-refractivity contribution in [1.29, 1.82) is 0 Å². The Balaban J connectivity index is 2.05. The molecule has 0 aliphatic rings. The van der Waals surface area contributed by atoms with E-state index in [1.54, 1.807) is 43.5 Å². The summed E-state index contributed by atoms with van der Waals surface area (Å²) < 4.78 is 24.5. The van der Waals surface area contributed by atoms with Crippen LogP contribution in [0.25, 0.3) is 11.3 Å². The van der Waals surface area contributed by atoms with Crippen molar-refractivity contribution < 1.29 is 23.8 Å². The highest BCUT2D eigenvalue weighted by Gasteiger charge is 2.20. The van der Waals surface area contributed by atoms with E-state index in [1.807, 2.05) is 0 Å². The normalized spacial score (nSPS) is 10.5. The van der Waals surface area contributed by atoms with Crippen LogP contribution in [0.2, 0.25) is 0 Å². The lowest BCUT2D eigenvalue weighted by atomic mass is 10.1. The lowest BCUT2D eigenvalue weighted by Crippen LogP contribution is -2.00. The summed E-state index contributed by atoms with van der Waals surface area (Å²) >= 11 is 1.16. The lowest BCUT2D eigenvalue weighted by molar-refractivity contribution is -0.136. The maximum absolute atomic E-state index is 13.9. The molecule has 1 aromatic heterocycles. The van der Waals surface area contributed by atoms with Crippen LogP contribution in [0.3, 0.4) is 0 Å². The fourth-order valence-electron chi connectivity index (χ4n) is 2.54. The first kappa shape index (κ1) is 18.7. The van der Waals surface area contributed by atoms with Crippen LogP contribution in [0.1, 0.15) is 4.88 Å². The van der Waals surface area contributed by atoms with E-state index in [1.165, 1.54) is 13.2 Å². The van der Waals surface area contributed by atoms with Crippen molar-refractivity contribution in [2.45, 2.75) is 6.42 Å². The third kappa shape index (κ3) is 4.17. The van der Waals surface area contributed by atoms with Gasteiger partial charge in [-0.1, -0.05) is 12.1 Å². The van der Waals surface area contributed by atoms with Crippen molar-refractivity contribution in [2.75, 3.05) is 19.5 Å². The van der Waals surface area contributed by atoms with Crippen LogP contribution >= 0.6 is 11.3 Å². The Morgan fingerprint density at radius 1 is 1.22 bits per heavy atom. The molecule has 0 fully saturated rings. The number of anilines is 2. The standard InChI is InChI=1S/C19H17FN2O4S/c1-25-11-7-8-12(15(9-11)26-2)18-16(10-17(23)24)27-19(22-18)21-14-6-4-3-5-13(14)20/h3-9H,10H2,1-2H3,(H,21,22)(H,23,24). The Kier molecular flexibility index (Phi) is 5.56. The molecular formula is C19H17FN2O4S. The van der Waals surface area contributed by atoms with Crippen molar-refractivity contribution in [3.8, 4) is 22.8 Å². The fourth-order valence-corrected chi connectivity index (χ4v) is 3.52. The maximum atomic E-state index is 13.9. The summed E-state index contributed by atoms with van der Waals surface area (Å²) in [7, 11) is 3.06. The summed E-state index contributed by atoms with van der Waals surface area (Å²) in [5, 5.41) is 12.5. The number of aromatic nitrogens is 1. The summed E-state index contributed by atoms with van der Waals surface area (Å²) in [4.78, 5) is 16.3. The number of ether oxygens (including phenoxy) is 2. The molecule has 2 aromatic carbocycles. The SMILES string of the molecule is COc1ccc(-c2nc(Nc3ccccc3F)sc2CC(=O)O)c(OC)c1. The second-order valence-corrected chi connectivity index (χ2v) is 6.62. The molecule has 27 heavy (non-hydrogen) atoms. The topological polar surface area (TPSA) is 80.7 Å². The van der Waals surface area contributed by atoms with Gasteiger partial charge in [-0.15, -0.1) is 11.3 Å². The number of carboxylic acid groups (broad SMARTS) is 1. The third-order valence-corrected chi connectivity index (χ3v) is 4.76. The third-order valence-electron chi connectivity index (χ3n) is 3.79. The first-order valence-electron chi connectivity index (χ1n) is 7.97. The van der Waals surface area contributed by atoms with E-state index in [-0.39, 0.29) is 12.1 Å². The predicted octanol–water partition coefficient (Wildman–Crippen LogP) is 4.34. The molecule has 0 amide bonds. The van der Waals surface area contributed by atoms with Crippen molar-refractivity contribution in [3.63, 3.8) is 0 Å². The minimum atomic E-state index is -0.982. The monoisotopic (exact) mass is 388 g/mol. The minimum absolute atomic E-state index is 0.207. The molecule has 6 nitrogen and oxygen atoms in total. The molecule has 3 aromatic rings. The number of halogens is 1. The van der Waals surface area contributed by atoms with Gasteiger partial charge in [0, 0.05) is 16.5 Å².